The molecule has 0 aromatic carbocycles. The van der Waals surface area contributed by atoms with Crippen LogP contribution in [0.5, 0.6) is 0 Å². The Hall–Kier alpha value is -1.01. The summed E-state index contributed by atoms with van der Waals surface area (Å²) >= 11 is 0. The molecule has 1 atom stereocenters. The van der Waals surface area contributed by atoms with Gasteiger partial charge in [0.05, 0.1) is 0 Å². The fraction of sp³-hybridized carbons (Fsp3) is 0.500. The summed E-state index contributed by atoms with van der Waals surface area (Å²) in [4.78, 5) is 10.0. The van der Waals surface area contributed by atoms with Crippen molar-refractivity contribution in [2.45, 2.75) is 18.9 Å². The molecule has 0 aromatic rings. The Balaban J connectivity index is 3.41. The molecule has 1 unspecified atom stereocenters. The van der Waals surface area contributed by atoms with Crippen LogP contribution in [-0.4, -0.2) is 17.1 Å². The SMILES string of the molecule is C#CCCC(N)C(=O)O. The normalized spacial score (nSPS) is 12.0. The van der Waals surface area contributed by atoms with Crippen LogP contribution in [0.25, 0.3) is 0 Å². The Morgan fingerprint density at radius 2 is 2.44 bits per heavy atom. The molecule has 3 N–H and O–H groups in total. The molecule has 0 saturated carbocycles. The zero-order chi connectivity index (χ0) is 7.28. The predicted octanol–water partition coefficient (Wildman–Crippen LogP) is -0.188. The number of nitrogens with two attached hydrogens (primary N) is 1. The second-order valence-corrected chi connectivity index (χ2v) is 1.69. The Bertz CT molecular complexity index is 136. The third kappa shape index (κ3) is 3.56. The fourth-order valence-corrected chi connectivity index (χ4v) is 0.362. The first-order valence-corrected chi connectivity index (χ1v) is 2.60. The minimum absolute atomic E-state index is 0.353. The van der Waals surface area contributed by atoms with E-state index in [1.54, 1.807) is 0 Å². The summed E-state index contributed by atoms with van der Waals surface area (Å²) in [6.45, 7) is 0. The number of aliphatic carboxylic acids is 1. The van der Waals surface area contributed by atoms with E-state index in [1.165, 1.54) is 0 Å². The lowest BCUT2D eigenvalue weighted by Crippen LogP contribution is -2.29. The molecule has 0 amide bonds. The lowest BCUT2D eigenvalue weighted by atomic mass is 10.2. The summed E-state index contributed by atoms with van der Waals surface area (Å²) < 4.78 is 0. The van der Waals surface area contributed by atoms with E-state index in [2.05, 4.69) is 5.92 Å². The highest BCUT2D eigenvalue weighted by molar-refractivity contribution is 5.72. The quantitative estimate of drug-likeness (QED) is 0.516. The van der Waals surface area contributed by atoms with Crippen molar-refractivity contribution in [1.29, 1.82) is 0 Å². The van der Waals surface area contributed by atoms with Crippen LogP contribution in [0.1, 0.15) is 12.8 Å². The molecule has 3 heteroatoms. The van der Waals surface area contributed by atoms with Gasteiger partial charge in [-0.05, 0) is 6.42 Å². The highest BCUT2D eigenvalue weighted by Gasteiger charge is 2.08. The van der Waals surface area contributed by atoms with Gasteiger partial charge in [0.2, 0.25) is 0 Å². The standard InChI is InChI=1S/C6H9NO2/c1-2-3-4-5(7)6(8)9/h1,5H,3-4,7H2,(H,8,9). The summed E-state index contributed by atoms with van der Waals surface area (Å²) in [5.74, 6) is 1.32. The van der Waals surface area contributed by atoms with Crippen molar-refractivity contribution in [3.63, 3.8) is 0 Å². The van der Waals surface area contributed by atoms with Crippen molar-refractivity contribution < 1.29 is 9.90 Å². The zero-order valence-electron chi connectivity index (χ0n) is 5.00. The van der Waals surface area contributed by atoms with Gasteiger partial charge in [0.1, 0.15) is 6.04 Å². The van der Waals surface area contributed by atoms with Crippen molar-refractivity contribution in [3.05, 3.63) is 0 Å². The summed E-state index contributed by atoms with van der Waals surface area (Å²) in [5, 5.41) is 8.22. The van der Waals surface area contributed by atoms with Gasteiger partial charge in [-0.3, -0.25) is 4.79 Å². The van der Waals surface area contributed by atoms with Crippen molar-refractivity contribution in [1.82, 2.24) is 0 Å². The maximum absolute atomic E-state index is 10.0. The molecule has 0 heterocycles. The Kier molecular flexibility index (Phi) is 3.49. The van der Waals surface area contributed by atoms with Gasteiger partial charge in [-0.1, -0.05) is 0 Å². The van der Waals surface area contributed by atoms with E-state index in [-0.39, 0.29) is 0 Å². The van der Waals surface area contributed by atoms with Gasteiger partial charge < -0.3 is 10.8 Å². The number of hydrogen-bond acceptors (Lipinski definition) is 2. The first-order valence-electron chi connectivity index (χ1n) is 2.60. The third-order valence-corrected chi connectivity index (χ3v) is 0.917. The second-order valence-electron chi connectivity index (χ2n) is 1.69. The van der Waals surface area contributed by atoms with Crippen molar-refractivity contribution in [2.75, 3.05) is 0 Å². The highest BCUT2D eigenvalue weighted by atomic mass is 16.4. The van der Waals surface area contributed by atoms with Crippen LogP contribution in [0, 0.1) is 12.3 Å². The molecule has 0 rings (SSSR count). The summed E-state index contributed by atoms with van der Waals surface area (Å²) in [7, 11) is 0. The highest BCUT2D eigenvalue weighted by Crippen LogP contribution is 1.91. The van der Waals surface area contributed by atoms with Gasteiger partial charge in [0, 0.05) is 6.42 Å². The third-order valence-electron chi connectivity index (χ3n) is 0.917. The molecule has 0 bridgehead atoms. The number of carboxylic acids is 1. The predicted molar refractivity (Wildman–Crippen MR) is 33.7 cm³/mol. The second kappa shape index (κ2) is 3.93. The molecule has 0 fully saturated rings. The minimum atomic E-state index is -0.995. The van der Waals surface area contributed by atoms with Crippen LogP contribution in [0.3, 0.4) is 0 Å². The number of hydrogen-bond donors (Lipinski definition) is 2. The molecule has 3 nitrogen and oxygen atoms in total. The fourth-order valence-electron chi connectivity index (χ4n) is 0.362. The average Bonchev–Trinajstić information content (AvgIpc) is 1.82. The average molecular weight is 127 g/mol. The first kappa shape index (κ1) is 7.99. The van der Waals surface area contributed by atoms with Crippen LogP contribution >= 0.6 is 0 Å². The molecule has 0 aromatic heterocycles. The molecule has 0 radical (unpaired) electrons. The van der Waals surface area contributed by atoms with E-state index in [4.69, 9.17) is 17.3 Å². The molecule has 9 heavy (non-hydrogen) atoms. The largest absolute Gasteiger partial charge is 0.480 e. The van der Waals surface area contributed by atoms with Crippen LogP contribution in [0.2, 0.25) is 0 Å². The summed E-state index contributed by atoms with van der Waals surface area (Å²) in [6, 6.07) is -0.805. The summed E-state index contributed by atoms with van der Waals surface area (Å²) in [6.07, 6.45) is 5.66. The van der Waals surface area contributed by atoms with E-state index < -0.39 is 12.0 Å². The number of carbonyl (C=O) groups is 1. The zero-order valence-corrected chi connectivity index (χ0v) is 5.00. The van der Waals surface area contributed by atoms with Gasteiger partial charge in [-0.15, -0.1) is 12.3 Å². The lowest BCUT2D eigenvalue weighted by Gasteiger charge is -2.00. The topological polar surface area (TPSA) is 63.3 Å². The Morgan fingerprint density at radius 1 is 1.89 bits per heavy atom. The van der Waals surface area contributed by atoms with Gasteiger partial charge in [0.15, 0.2) is 0 Å². The molecule has 0 aliphatic heterocycles. The molecule has 0 aliphatic rings. The van der Waals surface area contributed by atoms with Crippen molar-refractivity contribution in [2.24, 2.45) is 5.73 Å². The molecule has 50 valence electrons. The number of terminal acetylenes is 1. The van der Waals surface area contributed by atoms with Crippen LogP contribution < -0.4 is 5.73 Å². The van der Waals surface area contributed by atoms with Gasteiger partial charge in [-0.2, -0.15) is 0 Å². The lowest BCUT2D eigenvalue weighted by molar-refractivity contribution is -0.138. The van der Waals surface area contributed by atoms with E-state index in [0.29, 0.717) is 12.8 Å². The molecule has 0 aliphatic carbocycles. The maximum Gasteiger partial charge on any atom is 0.320 e. The van der Waals surface area contributed by atoms with Crippen molar-refractivity contribution in [3.8, 4) is 12.3 Å². The van der Waals surface area contributed by atoms with E-state index in [1.807, 2.05) is 0 Å². The molecular weight excluding hydrogens is 118 g/mol. The number of carboxylic acid groups (broad SMARTS) is 1. The Labute approximate surface area is 53.9 Å². The molecule has 0 spiro atoms. The van der Waals surface area contributed by atoms with Crippen LogP contribution in [0.15, 0.2) is 0 Å². The Morgan fingerprint density at radius 3 is 2.78 bits per heavy atom. The van der Waals surface area contributed by atoms with Crippen LogP contribution in [-0.2, 0) is 4.79 Å². The van der Waals surface area contributed by atoms with E-state index in [9.17, 15) is 4.79 Å². The monoisotopic (exact) mass is 127 g/mol. The van der Waals surface area contributed by atoms with Crippen molar-refractivity contribution >= 4 is 5.97 Å². The maximum atomic E-state index is 10.0. The van der Waals surface area contributed by atoms with Crippen LogP contribution in [0.4, 0.5) is 0 Å². The summed E-state index contributed by atoms with van der Waals surface area (Å²) in [5.41, 5.74) is 5.11. The number of rotatable bonds is 3. The van der Waals surface area contributed by atoms with Gasteiger partial charge in [-0.25, -0.2) is 0 Å². The van der Waals surface area contributed by atoms with Gasteiger partial charge >= 0.3 is 5.97 Å². The molecular formula is C6H9NO2. The molecule has 0 saturated heterocycles. The van der Waals surface area contributed by atoms with E-state index in [0.717, 1.165) is 0 Å². The minimum Gasteiger partial charge on any atom is -0.480 e. The smallest absolute Gasteiger partial charge is 0.320 e. The van der Waals surface area contributed by atoms with Gasteiger partial charge in [0.25, 0.3) is 0 Å². The first-order chi connectivity index (χ1) is 4.18. The van der Waals surface area contributed by atoms with E-state index >= 15 is 0 Å².